The van der Waals surface area contributed by atoms with Crippen LogP contribution in [-0.2, 0) is 9.05 Å². The second-order valence-electron chi connectivity index (χ2n) is 5.07. The highest BCUT2D eigenvalue weighted by Gasteiger charge is 2.37. The molecule has 0 radical (unpaired) electrons. The number of rotatable bonds is 5. The number of hydrogen-bond acceptors (Lipinski definition) is 3. The smallest absolute Gasteiger partial charge is 0.261 e. The summed E-state index contributed by atoms with van der Waals surface area (Å²) in [5.41, 5.74) is 0.104. The molecule has 116 valence electrons. The minimum atomic E-state index is -3.93. The summed E-state index contributed by atoms with van der Waals surface area (Å²) < 4.78 is 23.1. The van der Waals surface area contributed by atoms with Crippen molar-refractivity contribution in [1.29, 1.82) is 0 Å². The first-order valence-electron chi connectivity index (χ1n) is 6.48. The first-order chi connectivity index (χ1) is 9.74. The Morgan fingerprint density at radius 1 is 1.48 bits per heavy atom. The van der Waals surface area contributed by atoms with Crippen LogP contribution in [0.3, 0.4) is 0 Å². The highest BCUT2D eigenvalue weighted by molar-refractivity contribution is 9.10. The van der Waals surface area contributed by atoms with Crippen molar-refractivity contribution in [2.75, 3.05) is 0 Å². The summed E-state index contributed by atoms with van der Waals surface area (Å²) in [5, 5.41) is 3.04. The molecule has 1 aliphatic carbocycles. The molecule has 0 aliphatic heterocycles. The zero-order chi connectivity index (χ0) is 15.8. The van der Waals surface area contributed by atoms with Gasteiger partial charge in [-0.1, -0.05) is 24.9 Å². The summed E-state index contributed by atoms with van der Waals surface area (Å²) in [7, 11) is 1.39. The lowest BCUT2D eigenvalue weighted by Crippen LogP contribution is -2.27. The monoisotopic (exact) mass is 413 g/mol. The average Bonchev–Trinajstić information content (AvgIpc) is 3.09. The van der Waals surface area contributed by atoms with Crippen LogP contribution in [0.5, 0.6) is 0 Å². The summed E-state index contributed by atoms with van der Waals surface area (Å²) in [6, 6.07) is 2.61. The van der Waals surface area contributed by atoms with Gasteiger partial charge in [0.1, 0.15) is 0 Å². The number of carbonyl (C=O) groups excluding carboxylic acids is 1. The van der Waals surface area contributed by atoms with Gasteiger partial charge in [-0.05, 0) is 46.8 Å². The van der Waals surface area contributed by atoms with Gasteiger partial charge in [0.25, 0.3) is 15.0 Å². The highest BCUT2D eigenvalue weighted by Crippen LogP contribution is 2.36. The van der Waals surface area contributed by atoms with Gasteiger partial charge in [0, 0.05) is 21.2 Å². The fourth-order valence-electron chi connectivity index (χ4n) is 2.23. The van der Waals surface area contributed by atoms with Gasteiger partial charge in [0.05, 0.1) is 15.5 Å². The normalized spacial score (nSPS) is 21.1. The van der Waals surface area contributed by atoms with Crippen molar-refractivity contribution in [1.82, 2.24) is 5.32 Å². The molecule has 1 saturated carbocycles. The van der Waals surface area contributed by atoms with E-state index in [2.05, 4.69) is 28.2 Å². The van der Waals surface area contributed by atoms with E-state index in [9.17, 15) is 13.2 Å². The quantitative estimate of drug-likeness (QED) is 0.742. The average molecular weight is 415 g/mol. The third-order valence-corrected chi connectivity index (χ3v) is 6.02. The Hall–Kier alpha value is -0.300. The van der Waals surface area contributed by atoms with Gasteiger partial charge in [-0.3, -0.25) is 4.79 Å². The van der Waals surface area contributed by atoms with Crippen molar-refractivity contribution in [3.8, 4) is 0 Å². The predicted octanol–water partition coefficient (Wildman–Crippen LogP) is 3.95. The van der Waals surface area contributed by atoms with Crippen molar-refractivity contribution < 1.29 is 13.2 Å². The standard InChI is InChI=1S/C13H14BrCl2NO3S/c1-2-3-7-4-11(7)17-13(18)9-5-8(21(16,19)20)6-10(14)12(9)15/h5-7,11H,2-4H2,1H3,(H,17,18). The Labute approximate surface area is 141 Å². The number of halogens is 3. The Kier molecular flexibility index (Phi) is 5.23. The van der Waals surface area contributed by atoms with E-state index in [1.54, 1.807) is 0 Å². The number of nitrogens with one attached hydrogen (secondary N) is 1. The van der Waals surface area contributed by atoms with Gasteiger partial charge >= 0.3 is 0 Å². The molecule has 4 nitrogen and oxygen atoms in total. The van der Waals surface area contributed by atoms with Crippen molar-refractivity contribution in [3.63, 3.8) is 0 Å². The molecule has 1 amide bonds. The molecule has 0 aromatic heterocycles. The van der Waals surface area contributed by atoms with Crippen molar-refractivity contribution in [2.24, 2.45) is 5.92 Å². The minimum Gasteiger partial charge on any atom is -0.349 e. The Balaban J connectivity index is 2.23. The first-order valence-corrected chi connectivity index (χ1v) is 9.96. The van der Waals surface area contributed by atoms with Gasteiger partial charge in [0.2, 0.25) is 0 Å². The fraction of sp³-hybridized carbons (Fsp3) is 0.462. The van der Waals surface area contributed by atoms with E-state index < -0.39 is 9.05 Å². The zero-order valence-corrected chi connectivity index (χ0v) is 15.1. The number of benzene rings is 1. The van der Waals surface area contributed by atoms with Crippen LogP contribution in [0.2, 0.25) is 5.02 Å². The van der Waals surface area contributed by atoms with E-state index in [1.807, 2.05) is 0 Å². The molecule has 1 fully saturated rings. The lowest BCUT2D eigenvalue weighted by Gasteiger charge is -2.09. The molecule has 0 heterocycles. The molecule has 2 atom stereocenters. The fourth-order valence-corrected chi connectivity index (χ4v) is 3.82. The summed E-state index contributed by atoms with van der Waals surface area (Å²) in [4.78, 5) is 12.1. The van der Waals surface area contributed by atoms with Gasteiger partial charge in [-0.2, -0.15) is 0 Å². The molecule has 1 aromatic rings. The van der Waals surface area contributed by atoms with E-state index in [-0.39, 0.29) is 27.4 Å². The molecule has 2 rings (SSSR count). The molecule has 8 heteroatoms. The van der Waals surface area contributed by atoms with E-state index in [4.69, 9.17) is 22.3 Å². The van der Waals surface area contributed by atoms with Crippen LogP contribution in [0.4, 0.5) is 0 Å². The van der Waals surface area contributed by atoms with Crippen LogP contribution in [0.25, 0.3) is 0 Å². The second kappa shape index (κ2) is 6.44. The van der Waals surface area contributed by atoms with Crippen molar-refractivity contribution >= 4 is 53.2 Å². The molecule has 1 aromatic carbocycles. The lowest BCUT2D eigenvalue weighted by molar-refractivity contribution is 0.0948. The summed E-state index contributed by atoms with van der Waals surface area (Å²) in [5.74, 6) is 0.118. The Morgan fingerprint density at radius 2 is 2.14 bits per heavy atom. The van der Waals surface area contributed by atoms with Gasteiger partial charge in [0.15, 0.2) is 0 Å². The van der Waals surface area contributed by atoms with E-state index in [0.29, 0.717) is 10.4 Å². The molecule has 0 spiro atoms. The van der Waals surface area contributed by atoms with E-state index >= 15 is 0 Å². The zero-order valence-electron chi connectivity index (χ0n) is 11.2. The third-order valence-electron chi connectivity index (χ3n) is 3.43. The first kappa shape index (κ1) is 17.1. The maximum atomic E-state index is 12.2. The van der Waals surface area contributed by atoms with Gasteiger partial charge < -0.3 is 5.32 Å². The lowest BCUT2D eigenvalue weighted by atomic mass is 10.2. The van der Waals surface area contributed by atoms with Crippen LogP contribution in [0, 0.1) is 5.92 Å². The molecular weight excluding hydrogens is 401 g/mol. The topological polar surface area (TPSA) is 63.2 Å². The molecular formula is C13H14BrCl2NO3S. The predicted molar refractivity (Wildman–Crippen MR) is 86.5 cm³/mol. The van der Waals surface area contributed by atoms with E-state index in [1.165, 1.54) is 12.1 Å². The van der Waals surface area contributed by atoms with Crippen LogP contribution >= 0.6 is 38.2 Å². The molecule has 1 N–H and O–H groups in total. The maximum Gasteiger partial charge on any atom is 0.261 e. The minimum absolute atomic E-state index is 0.104. The molecule has 1 aliphatic rings. The molecule has 0 bridgehead atoms. The molecule has 21 heavy (non-hydrogen) atoms. The van der Waals surface area contributed by atoms with Crippen LogP contribution in [0.1, 0.15) is 36.5 Å². The van der Waals surface area contributed by atoms with Crippen molar-refractivity contribution in [2.45, 2.75) is 37.1 Å². The van der Waals surface area contributed by atoms with Crippen LogP contribution in [-0.4, -0.2) is 20.4 Å². The molecule has 2 unspecified atom stereocenters. The van der Waals surface area contributed by atoms with Crippen molar-refractivity contribution in [3.05, 3.63) is 27.2 Å². The largest absolute Gasteiger partial charge is 0.349 e. The Bertz CT molecular complexity index is 678. The SMILES string of the molecule is CCCC1CC1NC(=O)c1cc(S(=O)(=O)Cl)cc(Br)c1Cl. The maximum absolute atomic E-state index is 12.2. The number of hydrogen-bond donors (Lipinski definition) is 1. The van der Waals surface area contributed by atoms with Gasteiger partial charge in [-0.25, -0.2) is 8.42 Å². The van der Waals surface area contributed by atoms with Gasteiger partial charge in [-0.15, -0.1) is 0 Å². The van der Waals surface area contributed by atoms with Crippen LogP contribution in [0.15, 0.2) is 21.5 Å². The number of amides is 1. The third kappa shape index (κ3) is 4.12. The van der Waals surface area contributed by atoms with E-state index in [0.717, 1.165) is 19.3 Å². The molecule has 0 saturated heterocycles. The summed E-state index contributed by atoms with van der Waals surface area (Å²) in [6.45, 7) is 2.10. The summed E-state index contributed by atoms with van der Waals surface area (Å²) >= 11 is 9.21. The number of carbonyl (C=O) groups is 1. The second-order valence-corrected chi connectivity index (χ2v) is 8.87. The summed E-state index contributed by atoms with van der Waals surface area (Å²) in [6.07, 6.45) is 3.09. The van der Waals surface area contributed by atoms with Crippen LogP contribution < -0.4 is 5.32 Å². The highest BCUT2D eigenvalue weighted by atomic mass is 79.9. The Morgan fingerprint density at radius 3 is 2.71 bits per heavy atom.